The minimum atomic E-state index is -0.385. The van der Waals surface area contributed by atoms with Crippen molar-refractivity contribution < 1.29 is 14.3 Å². The maximum atomic E-state index is 12.2. The number of hydrogen-bond donors (Lipinski definition) is 1. The molecule has 4 heteroatoms. The second kappa shape index (κ2) is 6.02. The molecule has 22 heavy (non-hydrogen) atoms. The van der Waals surface area contributed by atoms with Gasteiger partial charge >= 0.3 is 5.97 Å². The van der Waals surface area contributed by atoms with Gasteiger partial charge in [0.15, 0.2) is 0 Å². The molecule has 0 aromatic heterocycles. The Morgan fingerprint density at radius 1 is 1.05 bits per heavy atom. The van der Waals surface area contributed by atoms with Gasteiger partial charge < -0.3 is 10.1 Å². The van der Waals surface area contributed by atoms with Gasteiger partial charge in [-0.15, -0.1) is 0 Å². The highest BCUT2D eigenvalue weighted by molar-refractivity contribution is 5.96. The topological polar surface area (TPSA) is 55.4 Å². The number of rotatable bonds is 4. The Bertz CT molecular complexity index is 679. The minimum Gasteiger partial charge on any atom is -0.465 e. The Morgan fingerprint density at radius 2 is 1.73 bits per heavy atom. The van der Waals surface area contributed by atoms with E-state index in [1.54, 1.807) is 24.3 Å². The normalized spacial score (nSPS) is 19.3. The minimum absolute atomic E-state index is 0.0275. The number of ether oxygens (including phenoxy) is 1. The number of nitrogens with one attached hydrogen (secondary N) is 1. The summed E-state index contributed by atoms with van der Waals surface area (Å²) in [6.45, 7) is 0. The lowest BCUT2D eigenvalue weighted by atomic mass is 10.1. The van der Waals surface area contributed by atoms with Gasteiger partial charge in [-0.3, -0.25) is 4.79 Å². The molecule has 2 atom stereocenters. The first-order valence-electron chi connectivity index (χ1n) is 7.23. The second-order valence-electron chi connectivity index (χ2n) is 5.42. The highest BCUT2D eigenvalue weighted by Crippen LogP contribution is 2.47. The monoisotopic (exact) mass is 295 g/mol. The smallest absolute Gasteiger partial charge is 0.337 e. The number of carbonyl (C=O) groups is 2. The van der Waals surface area contributed by atoms with Crippen molar-refractivity contribution in [3.05, 3.63) is 65.7 Å². The maximum absolute atomic E-state index is 12.2. The summed E-state index contributed by atoms with van der Waals surface area (Å²) in [4.78, 5) is 23.6. The molecule has 2 unspecified atom stereocenters. The molecule has 1 aliphatic rings. The first-order valence-corrected chi connectivity index (χ1v) is 7.23. The Morgan fingerprint density at radius 3 is 2.36 bits per heavy atom. The highest BCUT2D eigenvalue weighted by Gasteiger charge is 2.43. The Hall–Kier alpha value is -2.62. The van der Waals surface area contributed by atoms with E-state index in [4.69, 9.17) is 0 Å². The number of methoxy groups -OCH3 is 1. The third-order valence-electron chi connectivity index (χ3n) is 3.93. The van der Waals surface area contributed by atoms with Crippen LogP contribution in [-0.4, -0.2) is 19.0 Å². The van der Waals surface area contributed by atoms with Gasteiger partial charge in [-0.1, -0.05) is 30.3 Å². The summed E-state index contributed by atoms with van der Waals surface area (Å²) in [5, 5.41) is 2.90. The fourth-order valence-corrected chi connectivity index (χ4v) is 2.60. The van der Waals surface area contributed by atoms with Crippen molar-refractivity contribution in [1.29, 1.82) is 0 Å². The van der Waals surface area contributed by atoms with Gasteiger partial charge in [0.1, 0.15) is 0 Å². The molecule has 4 nitrogen and oxygen atoms in total. The molecule has 3 rings (SSSR count). The van der Waals surface area contributed by atoms with Crippen LogP contribution in [0.5, 0.6) is 0 Å². The van der Waals surface area contributed by atoms with E-state index < -0.39 is 0 Å². The van der Waals surface area contributed by atoms with E-state index in [0.717, 1.165) is 6.42 Å². The van der Waals surface area contributed by atoms with Crippen molar-refractivity contribution in [3.63, 3.8) is 0 Å². The molecule has 0 spiro atoms. The van der Waals surface area contributed by atoms with E-state index in [9.17, 15) is 9.59 Å². The van der Waals surface area contributed by atoms with Gasteiger partial charge in [0, 0.05) is 11.6 Å². The maximum Gasteiger partial charge on any atom is 0.337 e. The number of anilines is 1. The Kier molecular flexibility index (Phi) is 3.92. The van der Waals surface area contributed by atoms with Gasteiger partial charge in [-0.2, -0.15) is 0 Å². The predicted molar refractivity (Wildman–Crippen MR) is 83.7 cm³/mol. The Balaban J connectivity index is 1.60. The number of amides is 1. The third kappa shape index (κ3) is 3.01. The molecule has 1 amide bonds. The number of hydrogen-bond acceptors (Lipinski definition) is 3. The van der Waals surface area contributed by atoms with E-state index in [2.05, 4.69) is 22.2 Å². The number of esters is 1. The fraction of sp³-hybridized carbons (Fsp3) is 0.222. The zero-order valence-corrected chi connectivity index (χ0v) is 12.3. The van der Waals surface area contributed by atoms with Crippen LogP contribution in [0.3, 0.4) is 0 Å². The SMILES string of the molecule is COC(=O)c1ccc(NC(=O)C2CC2c2ccccc2)cc1. The van der Waals surface area contributed by atoms with E-state index in [1.165, 1.54) is 12.7 Å². The summed E-state index contributed by atoms with van der Waals surface area (Å²) in [5.74, 6) is -0.0119. The van der Waals surface area contributed by atoms with Crippen LogP contribution < -0.4 is 5.32 Å². The average Bonchev–Trinajstić information content (AvgIpc) is 3.36. The van der Waals surface area contributed by atoms with Crippen molar-refractivity contribution in [2.75, 3.05) is 12.4 Å². The van der Waals surface area contributed by atoms with Crippen LogP contribution in [0.2, 0.25) is 0 Å². The average molecular weight is 295 g/mol. The standard InChI is InChI=1S/C18H17NO3/c1-22-18(21)13-7-9-14(10-8-13)19-17(20)16-11-15(16)12-5-3-2-4-6-12/h2-10,15-16H,11H2,1H3,(H,19,20). The van der Waals surface area contributed by atoms with Crippen molar-refractivity contribution in [1.82, 2.24) is 0 Å². The van der Waals surface area contributed by atoms with Crippen molar-refractivity contribution in [2.45, 2.75) is 12.3 Å². The molecule has 0 radical (unpaired) electrons. The van der Waals surface area contributed by atoms with Crippen molar-refractivity contribution in [3.8, 4) is 0 Å². The first-order chi connectivity index (χ1) is 10.7. The van der Waals surface area contributed by atoms with Crippen LogP contribution in [0.1, 0.15) is 28.3 Å². The lowest BCUT2D eigenvalue weighted by Crippen LogP contribution is -2.14. The number of benzene rings is 2. The summed E-state index contributed by atoms with van der Waals surface area (Å²) in [6.07, 6.45) is 0.885. The summed E-state index contributed by atoms with van der Waals surface area (Å²) >= 11 is 0. The summed E-state index contributed by atoms with van der Waals surface area (Å²) in [7, 11) is 1.34. The van der Waals surface area contributed by atoms with E-state index in [0.29, 0.717) is 17.2 Å². The van der Waals surface area contributed by atoms with Gasteiger partial charge in [0.25, 0.3) is 0 Å². The summed E-state index contributed by atoms with van der Waals surface area (Å²) in [5.41, 5.74) is 2.37. The molecule has 2 aromatic rings. The zero-order chi connectivity index (χ0) is 15.5. The van der Waals surface area contributed by atoms with Crippen molar-refractivity contribution in [2.24, 2.45) is 5.92 Å². The van der Waals surface area contributed by atoms with Gasteiger partial charge in [0.05, 0.1) is 12.7 Å². The molecule has 1 saturated carbocycles. The van der Waals surface area contributed by atoms with Crippen LogP contribution >= 0.6 is 0 Å². The molecular formula is C18H17NO3. The zero-order valence-electron chi connectivity index (χ0n) is 12.3. The quantitative estimate of drug-likeness (QED) is 0.881. The van der Waals surface area contributed by atoms with E-state index >= 15 is 0 Å². The molecule has 1 fully saturated rings. The molecular weight excluding hydrogens is 278 g/mol. The van der Waals surface area contributed by atoms with Gasteiger partial charge in [-0.25, -0.2) is 4.79 Å². The van der Waals surface area contributed by atoms with Crippen LogP contribution in [0.15, 0.2) is 54.6 Å². The molecule has 0 bridgehead atoms. The van der Waals surface area contributed by atoms with Crippen LogP contribution in [0.25, 0.3) is 0 Å². The molecule has 1 N–H and O–H groups in total. The lowest BCUT2D eigenvalue weighted by Gasteiger charge is -2.06. The summed E-state index contributed by atoms with van der Waals surface area (Å²) in [6, 6.07) is 16.8. The summed E-state index contributed by atoms with van der Waals surface area (Å²) < 4.78 is 4.64. The largest absolute Gasteiger partial charge is 0.465 e. The molecule has 1 aliphatic carbocycles. The van der Waals surface area contributed by atoms with Crippen molar-refractivity contribution >= 4 is 17.6 Å². The van der Waals surface area contributed by atoms with Gasteiger partial charge in [0.2, 0.25) is 5.91 Å². The van der Waals surface area contributed by atoms with Crippen LogP contribution in [0, 0.1) is 5.92 Å². The fourth-order valence-electron chi connectivity index (χ4n) is 2.60. The Labute approximate surface area is 129 Å². The highest BCUT2D eigenvalue weighted by atomic mass is 16.5. The first kappa shape index (κ1) is 14.3. The third-order valence-corrected chi connectivity index (χ3v) is 3.93. The molecule has 2 aromatic carbocycles. The predicted octanol–water partition coefficient (Wildman–Crippen LogP) is 3.22. The second-order valence-corrected chi connectivity index (χ2v) is 5.42. The number of carbonyl (C=O) groups excluding carboxylic acids is 2. The van der Waals surface area contributed by atoms with Crippen LogP contribution in [-0.2, 0) is 9.53 Å². The molecule has 112 valence electrons. The van der Waals surface area contributed by atoms with Crippen LogP contribution in [0.4, 0.5) is 5.69 Å². The van der Waals surface area contributed by atoms with E-state index in [1.807, 2.05) is 18.2 Å². The molecule has 0 heterocycles. The lowest BCUT2D eigenvalue weighted by molar-refractivity contribution is -0.117. The molecule has 0 aliphatic heterocycles. The van der Waals surface area contributed by atoms with Gasteiger partial charge in [-0.05, 0) is 42.2 Å². The molecule has 0 saturated heterocycles. The van der Waals surface area contributed by atoms with E-state index in [-0.39, 0.29) is 17.8 Å².